The van der Waals surface area contributed by atoms with Gasteiger partial charge in [-0.25, -0.2) is 14.6 Å². The Hall–Kier alpha value is -3.90. The van der Waals surface area contributed by atoms with Crippen molar-refractivity contribution >= 4 is 46.2 Å². The number of aromatic nitrogens is 3. The van der Waals surface area contributed by atoms with Crippen LogP contribution < -0.4 is 0 Å². The zero-order chi connectivity index (χ0) is 28.7. The van der Waals surface area contributed by atoms with Gasteiger partial charge in [-0.2, -0.15) is 4.98 Å². The summed E-state index contributed by atoms with van der Waals surface area (Å²) in [5.41, 5.74) is 0.936. The summed E-state index contributed by atoms with van der Waals surface area (Å²) in [6.45, 7) is 3.30. The molecule has 10 heteroatoms. The van der Waals surface area contributed by atoms with Crippen LogP contribution in [0.5, 0.6) is 0 Å². The third kappa shape index (κ3) is 5.34. The van der Waals surface area contributed by atoms with Crippen LogP contribution in [-0.2, 0) is 14.2 Å². The van der Waals surface area contributed by atoms with Crippen molar-refractivity contribution in [2.24, 2.45) is 0 Å². The van der Waals surface area contributed by atoms with Gasteiger partial charge in [-0.1, -0.05) is 52.9 Å². The largest absolute Gasteiger partial charge is 0.458 e. The SMILES string of the molecule is [2H][C@@]1(n2ccc3c(Cl)nc(Cl)nc32)C[C@H](OC(=O)c2ccc(C)cc2)[C@@](C#C)(COC(=O)c2ccc(C)cc2)O1. The highest BCUT2D eigenvalue weighted by atomic mass is 35.5. The van der Waals surface area contributed by atoms with Crippen LogP contribution in [0.4, 0.5) is 0 Å². The third-order valence-electron chi connectivity index (χ3n) is 6.40. The average Bonchev–Trinajstić information content (AvgIpc) is 3.48. The fourth-order valence-corrected chi connectivity index (χ4v) is 4.63. The predicted molar refractivity (Wildman–Crippen MR) is 146 cm³/mol. The van der Waals surface area contributed by atoms with E-state index in [0.29, 0.717) is 10.9 Å². The van der Waals surface area contributed by atoms with Crippen LogP contribution in [0.3, 0.4) is 0 Å². The maximum atomic E-state index is 13.1. The van der Waals surface area contributed by atoms with Gasteiger partial charge in [-0.3, -0.25) is 0 Å². The smallest absolute Gasteiger partial charge is 0.338 e. The zero-order valence-electron chi connectivity index (χ0n) is 22.0. The number of halogens is 2. The van der Waals surface area contributed by atoms with Gasteiger partial charge in [0.05, 0.1) is 17.9 Å². The number of aryl methyl sites for hydroxylation is 2. The van der Waals surface area contributed by atoms with Crippen LogP contribution in [0.1, 0.15) is 45.8 Å². The van der Waals surface area contributed by atoms with Gasteiger partial charge >= 0.3 is 11.9 Å². The lowest BCUT2D eigenvalue weighted by atomic mass is 9.98. The number of hydrogen-bond donors (Lipinski definition) is 0. The molecule has 0 radical (unpaired) electrons. The van der Waals surface area contributed by atoms with Gasteiger partial charge < -0.3 is 18.8 Å². The fraction of sp³-hybridized carbons (Fsp3) is 0.241. The van der Waals surface area contributed by atoms with Gasteiger partial charge in [0.25, 0.3) is 0 Å². The number of benzene rings is 2. The Morgan fingerprint density at radius 1 is 1.08 bits per heavy atom. The van der Waals surface area contributed by atoms with E-state index < -0.39 is 36.5 Å². The van der Waals surface area contributed by atoms with Crippen molar-refractivity contribution in [1.29, 1.82) is 0 Å². The first kappa shape index (κ1) is 25.4. The molecule has 0 saturated carbocycles. The molecular formula is C29H23Cl2N3O5. The number of carbonyl (C=O) groups is 2. The molecule has 4 aromatic rings. The van der Waals surface area contributed by atoms with Crippen LogP contribution in [0, 0.1) is 26.2 Å². The van der Waals surface area contributed by atoms with Gasteiger partial charge in [-0.15, -0.1) is 6.42 Å². The Morgan fingerprint density at radius 3 is 2.31 bits per heavy atom. The van der Waals surface area contributed by atoms with Crippen molar-refractivity contribution in [3.8, 4) is 12.3 Å². The van der Waals surface area contributed by atoms with E-state index in [1.165, 1.54) is 10.8 Å². The van der Waals surface area contributed by atoms with Crippen molar-refractivity contribution in [3.63, 3.8) is 0 Å². The number of esters is 2. The Bertz CT molecular complexity index is 1650. The van der Waals surface area contributed by atoms with Crippen LogP contribution in [0.25, 0.3) is 11.0 Å². The van der Waals surface area contributed by atoms with Crippen molar-refractivity contribution in [1.82, 2.24) is 14.5 Å². The van der Waals surface area contributed by atoms with Crippen LogP contribution in [-0.4, -0.2) is 44.8 Å². The van der Waals surface area contributed by atoms with E-state index in [1.807, 2.05) is 13.8 Å². The molecule has 8 nitrogen and oxygen atoms in total. The zero-order valence-corrected chi connectivity index (χ0v) is 22.5. The number of rotatable bonds is 6. The summed E-state index contributed by atoms with van der Waals surface area (Å²) in [5.74, 6) is 1.18. The highest BCUT2D eigenvalue weighted by Gasteiger charge is 2.52. The summed E-state index contributed by atoms with van der Waals surface area (Å²) in [7, 11) is 0. The second kappa shape index (κ2) is 10.7. The molecule has 2 aromatic carbocycles. The van der Waals surface area contributed by atoms with Crippen molar-refractivity contribution in [3.05, 3.63) is 93.5 Å². The van der Waals surface area contributed by atoms with E-state index in [2.05, 4.69) is 15.9 Å². The number of fused-ring (bicyclic) bond motifs is 1. The minimum Gasteiger partial charge on any atom is -0.458 e. The predicted octanol–water partition coefficient (Wildman–Crippen LogP) is 5.73. The molecule has 198 valence electrons. The topological polar surface area (TPSA) is 92.5 Å². The van der Waals surface area contributed by atoms with Gasteiger partial charge in [0.1, 0.15) is 23.6 Å². The summed E-state index contributed by atoms with van der Waals surface area (Å²) in [6, 6.07) is 15.2. The van der Waals surface area contributed by atoms with Crippen molar-refractivity contribution in [2.45, 2.75) is 38.2 Å². The molecule has 2 aromatic heterocycles. The van der Waals surface area contributed by atoms with Gasteiger partial charge in [-0.05, 0) is 55.8 Å². The molecule has 1 aliphatic heterocycles. The molecule has 0 aliphatic carbocycles. The van der Waals surface area contributed by atoms with Gasteiger partial charge in [0, 0.05) is 12.6 Å². The van der Waals surface area contributed by atoms with E-state index in [9.17, 15) is 11.0 Å². The van der Waals surface area contributed by atoms with Crippen LogP contribution in [0.2, 0.25) is 10.4 Å². The maximum absolute atomic E-state index is 13.1. The molecule has 1 saturated heterocycles. The quantitative estimate of drug-likeness (QED) is 0.128. The number of ether oxygens (including phenoxy) is 3. The number of nitrogens with zero attached hydrogens (tertiary/aromatic N) is 3. The molecule has 0 spiro atoms. The molecule has 3 atom stereocenters. The molecule has 1 fully saturated rings. The first-order valence-corrected chi connectivity index (χ1v) is 12.7. The first-order chi connectivity index (χ1) is 19.0. The molecule has 39 heavy (non-hydrogen) atoms. The standard InChI is InChI=1S/C29H23Cl2N3O5/c1-4-29(16-37-26(35)19-9-5-17(2)6-10-19)22(38-27(36)20-11-7-18(3)8-12-20)15-23(39-29)34-14-13-21-24(30)32-28(31)33-25(21)34/h1,5-14,22-23H,15-16H2,2-3H3/t22-,23-,29+/m0/s1/i23D. The minimum absolute atomic E-state index is 0.0907. The third-order valence-corrected chi connectivity index (χ3v) is 6.86. The van der Waals surface area contributed by atoms with E-state index in [1.54, 1.807) is 54.6 Å². The van der Waals surface area contributed by atoms with Crippen molar-refractivity contribution < 1.29 is 25.2 Å². The Balaban J connectivity index is 1.50. The lowest BCUT2D eigenvalue weighted by molar-refractivity contribution is -0.0966. The van der Waals surface area contributed by atoms with E-state index in [4.69, 9.17) is 43.8 Å². The van der Waals surface area contributed by atoms with Gasteiger partial charge in [0.2, 0.25) is 10.9 Å². The Morgan fingerprint density at radius 2 is 1.69 bits per heavy atom. The molecule has 5 rings (SSSR count). The Labute approximate surface area is 236 Å². The maximum Gasteiger partial charge on any atom is 0.338 e. The minimum atomic E-state index is -1.94. The van der Waals surface area contributed by atoms with Crippen LogP contribution >= 0.6 is 23.2 Å². The second-order valence-corrected chi connectivity index (χ2v) is 9.84. The fourth-order valence-electron chi connectivity index (χ4n) is 4.20. The number of hydrogen-bond acceptors (Lipinski definition) is 7. The molecular weight excluding hydrogens is 541 g/mol. The Kier molecular flexibility index (Phi) is 6.96. The van der Waals surface area contributed by atoms with E-state index in [-0.39, 0.29) is 28.1 Å². The summed E-state index contributed by atoms with van der Waals surface area (Å²) in [5, 5.41) is 0.392. The molecule has 0 bridgehead atoms. The normalized spacial score (nSPS) is 22.7. The summed E-state index contributed by atoms with van der Waals surface area (Å²) in [6.07, 6.45) is 4.14. The first-order valence-electron chi connectivity index (χ1n) is 12.4. The number of carbonyl (C=O) groups excluding carboxylic acids is 2. The molecule has 0 unspecified atom stereocenters. The second-order valence-electron chi connectivity index (χ2n) is 9.14. The van der Waals surface area contributed by atoms with E-state index >= 15 is 0 Å². The monoisotopic (exact) mass is 564 g/mol. The highest BCUT2D eigenvalue weighted by Crippen LogP contribution is 2.41. The lowest BCUT2D eigenvalue weighted by Crippen LogP contribution is -2.45. The molecule has 0 amide bonds. The summed E-state index contributed by atoms with van der Waals surface area (Å²) in [4.78, 5) is 34.1. The molecule has 3 heterocycles. The van der Waals surface area contributed by atoms with Crippen molar-refractivity contribution in [2.75, 3.05) is 6.61 Å². The summed E-state index contributed by atoms with van der Waals surface area (Å²) >= 11 is 12.3. The molecule has 1 aliphatic rings. The average molecular weight is 565 g/mol. The van der Waals surface area contributed by atoms with Crippen LogP contribution in [0.15, 0.2) is 60.8 Å². The molecule has 0 N–H and O–H groups in total. The lowest BCUT2D eigenvalue weighted by Gasteiger charge is -2.28. The summed E-state index contributed by atoms with van der Waals surface area (Å²) < 4.78 is 28.2. The highest BCUT2D eigenvalue weighted by molar-refractivity contribution is 6.35. The van der Waals surface area contributed by atoms with E-state index in [0.717, 1.165) is 11.1 Å². The number of terminal acetylenes is 1. The van der Waals surface area contributed by atoms with Gasteiger partial charge in [0.15, 0.2) is 6.10 Å².